The monoisotopic (exact) mass is 1130 g/mol. The molecule has 0 spiro atoms. The lowest BCUT2D eigenvalue weighted by Gasteiger charge is -2.27. The molecule has 0 heterocycles. The van der Waals surface area contributed by atoms with Crippen LogP contribution in [-0.2, 0) is 6.16 Å². The largest absolute Gasteiger partial charge is 1.00 e. The molecular weight excluding hydrogens is 1090 g/mol. The highest BCUT2D eigenvalue weighted by atomic mass is 79.9. The molecule has 0 bridgehead atoms. The minimum absolute atomic E-state index is 0. The standard InChI is InChI=1S/C25H21BrP.2C14H11Br.C7H6O.BrH/c26-22-18-16-21(17-19-22)20-27(23-10-4-1-5-11-23,24-12-6-2-7-13-24)25-14-8-3-9-15-25;2*15-14-10-8-13(9-11-14)7-6-12-4-2-1-3-5-12;8-6-7-4-2-1-3-5-7;/h1-19H,20H2;2*1-11H;1-6H;1H/q+1;;;;/p-1/b;7-6+;7-6-;;. The zero-order valence-electron chi connectivity index (χ0n) is 36.2. The molecule has 0 saturated carbocycles. The molecule has 0 aliphatic heterocycles. The highest BCUT2D eigenvalue weighted by Crippen LogP contribution is 2.58. The fourth-order valence-electron chi connectivity index (χ4n) is 6.82. The van der Waals surface area contributed by atoms with E-state index in [0.717, 1.165) is 31.4 Å². The van der Waals surface area contributed by atoms with Crippen molar-refractivity contribution in [2.24, 2.45) is 0 Å². The third-order valence-electron chi connectivity index (χ3n) is 10.1. The highest BCUT2D eigenvalue weighted by Gasteiger charge is 2.45. The van der Waals surface area contributed by atoms with Crippen molar-refractivity contribution in [2.75, 3.05) is 0 Å². The van der Waals surface area contributed by atoms with Crippen LogP contribution in [0.5, 0.6) is 0 Å². The maximum Gasteiger partial charge on any atom is 0.150 e. The molecule has 0 aliphatic rings. The van der Waals surface area contributed by atoms with Crippen molar-refractivity contribution in [1.29, 1.82) is 0 Å². The van der Waals surface area contributed by atoms with Gasteiger partial charge < -0.3 is 17.0 Å². The van der Waals surface area contributed by atoms with Crippen molar-refractivity contribution in [3.63, 3.8) is 0 Å². The lowest BCUT2D eigenvalue weighted by atomic mass is 10.1. The molecule has 9 aromatic carbocycles. The molecule has 9 aromatic rings. The smallest absolute Gasteiger partial charge is 0.150 e. The van der Waals surface area contributed by atoms with E-state index in [1.807, 2.05) is 78.9 Å². The fourth-order valence-corrected chi connectivity index (χ4v) is 11.9. The quantitative estimate of drug-likeness (QED) is 0.0758. The molecule has 0 amide bonds. The minimum atomic E-state index is -1.81. The molecule has 0 saturated heterocycles. The number of hydrogen-bond donors (Lipinski definition) is 0. The number of benzene rings is 9. The van der Waals surface area contributed by atoms with Gasteiger partial charge in [-0.1, -0.05) is 254 Å². The van der Waals surface area contributed by atoms with Gasteiger partial charge in [0, 0.05) is 19.0 Å². The van der Waals surface area contributed by atoms with Crippen molar-refractivity contribution in [1.82, 2.24) is 0 Å². The first kappa shape index (κ1) is 51.5. The van der Waals surface area contributed by atoms with Crippen LogP contribution >= 0.6 is 55.1 Å². The molecule has 1 nitrogen and oxygen atoms in total. The lowest BCUT2D eigenvalue weighted by molar-refractivity contribution is -0.0000184. The molecular formula is C60H49Br4OP. The van der Waals surface area contributed by atoms with Gasteiger partial charge >= 0.3 is 0 Å². The molecule has 0 radical (unpaired) electrons. The molecule has 66 heavy (non-hydrogen) atoms. The van der Waals surface area contributed by atoms with Crippen LogP contribution in [0.4, 0.5) is 0 Å². The third-order valence-corrected chi connectivity index (χ3v) is 16.1. The van der Waals surface area contributed by atoms with Crippen LogP contribution in [0, 0.1) is 0 Å². The third kappa shape index (κ3) is 16.7. The Labute approximate surface area is 427 Å². The Morgan fingerprint density at radius 1 is 0.303 bits per heavy atom. The van der Waals surface area contributed by atoms with Gasteiger partial charge in [0.2, 0.25) is 0 Å². The van der Waals surface area contributed by atoms with Crippen molar-refractivity contribution in [2.45, 2.75) is 6.16 Å². The van der Waals surface area contributed by atoms with E-state index in [-0.39, 0.29) is 17.0 Å². The Kier molecular flexibility index (Phi) is 22.2. The van der Waals surface area contributed by atoms with Crippen LogP contribution in [0.3, 0.4) is 0 Å². The van der Waals surface area contributed by atoms with Crippen molar-refractivity contribution in [3.8, 4) is 0 Å². The van der Waals surface area contributed by atoms with Gasteiger partial charge in [-0.2, -0.15) is 0 Å². The summed E-state index contributed by atoms with van der Waals surface area (Å²) in [7, 11) is -1.81. The number of carbonyl (C=O) groups is 1. The summed E-state index contributed by atoms with van der Waals surface area (Å²) < 4.78 is 3.34. The van der Waals surface area contributed by atoms with Gasteiger partial charge in [-0.15, -0.1) is 0 Å². The molecule has 0 fully saturated rings. The summed E-state index contributed by atoms with van der Waals surface area (Å²) in [6.07, 6.45) is 10.3. The van der Waals surface area contributed by atoms with Gasteiger partial charge in [-0.3, -0.25) is 4.79 Å². The molecule has 0 N–H and O–H groups in total. The average molecular weight is 1140 g/mol. The predicted octanol–water partition coefficient (Wildman–Crippen LogP) is 13.7. The summed E-state index contributed by atoms with van der Waals surface area (Å²) in [5.74, 6) is 0. The summed E-state index contributed by atoms with van der Waals surface area (Å²) in [4.78, 5) is 10.0. The topological polar surface area (TPSA) is 17.1 Å². The van der Waals surface area contributed by atoms with E-state index in [0.29, 0.717) is 0 Å². The predicted molar refractivity (Wildman–Crippen MR) is 294 cm³/mol. The highest BCUT2D eigenvalue weighted by molar-refractivity contribution is 9.11. The van der Waals surface area contributed by atoms with Gasteiger partial charge in [-0.05, 0) is 101 Å². The van der Waals surface area contributed by atoms with E-state index in [4.69, 9.17) is 0 Å². The van der Waals surface area contributed by atoms with E-state index in [9.17, 15) is 4.79 Å². The van der Waals surface area contributed by atoms with Crippen LogP contribution in [0.1, 0.15) is 38.2 Å². The second-order valence-corrected chi connectivity index (χ2v) is 21.0. The maximum absolute atomic E-state index is 10.0. The van der Waals surface area contributed by atoms with Crippen LogP contribution in [0.2, 0.25) is 0 Å². The second-order valence-electron chi connectivity index (χ2n) is 14.7. The minimum Gasteiger partial charge on any atom is -1.00 e. The van der Waals surface area contributed by atoms with Crippen LogP contribution < -0.4 is 32.9 Å². The zero-order chi connectivity index (χ0) is 45.4. The Hall–Kier alpha value is -5.52. The van der Waals surface area contributed by atoms with E-state index in [1.54, 1.807) is 12.1 Å². The molecule has 6 heteroatoms. The van der Waals surface area contributed by atoms with Gasteiger partial charge in [0.05, 0.1) is 6.16 Å². The van der Waals surface area contributed by atoms with Gasteiger partial charge in [0.1, 0.15) is 29.5 Å². The SMILES string of the molecule is Brc1ccc(/C=C/c2ccccc2)cc1.Brc1ccc(/C=C\c2ccccc2)cc1.Brc1ccc(C[P+](c2ccccc2)(c2ccccc2)c2ccccc2)cc1.O=Cc1ccccc1.[Br-]. The molecule has 9 rings (SSSR count). The summed E-state index contributed by atoms with van der Waals surface area (Å²) in [6.45, 7) is 0. The Morgan fingerprint density at radius 2 is 0.545 bits per heavy atom. The van der Waals surface area contributed by atoms with Gasteiger partial charge in [-0.25, -0.2) is 0 Å². The van der Waals surface area contributed by atoms with Gasteiger partial charge in [0.25, 0.3) is 0 Å². The number of aldehydes is 1. The number of halogens is 4. The molecule has 0 atom stereocenters. The van der Waals surface area contributed by atoms with E-state index >= 15 is 0 Å². The van der Waals surface area contributed by atoms with Crippen LogP contribution in [0.15, 0.2) is 268 Å². The van der Waals surface area contributed by atoms with Crippen LogP contribution in [0.25, 0.3) is 24.3 Å². The van der Waals surface area contributed by atoms with Crippen molar-refractivity contribution >= 4 is 102 Å². The summed E-state index contributed by atoms with van der Waals surface area (Å²) in [5.41, 5.74) is 6.96. The summed E-state index contributed by atoms with van der Waals surface area (Å²) >= 11 is 10.4. The van der Waals surface area contributed by atoms with Crippen molar-refractivity contribution < 1.29 is 21.8 Å². The Bertz CT molecular complexity index is 2580. The average Bonchev–Trinajstić information content (AvgIpc) is 3.38. The normalized spacial score (nSPS) is 10.5. The summed E-state index contributed by atoms with van der Waals surface area (Å²) in [6, 6.07) is 88.1. The summed E-state index contributed by atoms with van der Waals surface area (Å²) in [5, 5.41) is 4.26. The fraction of sp³-hybridized carbons (Fsp3) is 0.0167. The Morgan fingerprint density at radius 3 is 0.818 bits per heavy atom. The van der Waals surface area contributed by atoms with Crippen molar-refractivity contribution in [3.05, 3.63) is 302 Å². The van der Waals surface area contributed by atoms with Gasteiger partial charge in [0.15, 0.2) is 0 Å². The second kappa shape index (κ2) is 28.5. The Balaban J connectivity index is 0.000000179. The van der Waals surface area contributed by atoms with Crippen LogP contribution in [-0.4, -0.2) is 6.29 Å². The first-order chi connectivity index (χ1) is 31.9. The zero-order valence-corrected chi connectivity index (χ0v) is 43.4. The molecule has 0 unspecified atom stereocenters. The first-order valence-electron chi connectivity index (χ1n) is 21.2. The molecule has 0 aromatic heterocycles. The molecule has 328 valence electrons. The lowest BCUT2D eigenvalue weighted by Crippen LogP contribution is -3.00. The first-order valence-corrected chi connectivity index (χ1v) is 25.5. The number of carbonyl (C=O) groups excluding carboxylic acids is 1. The number of rotatable bonds is 10. The van der Waals surface area contributed by atoms with E-state index < -0.39 is 7.26 Å². The molecule has 0 aliphatic carbocycles. The van der Waals surface area contributed by atoms with E-state index in [2.05, 4.69) is 236 Å². The van der Waals surface area contributed by atoms with E-state index in [1.165, 1.54) is 43.7 Å². The number of hydrogen-bond acceptors (Lipinski definition) is 1. The maximum atomic E-state index is 10.0.